The normalized spacial score (nSPS) is 15.5. The van der Waals surface area contributed by atoms with Gasteiger partial charge in [-0.05, 0) is 42.0 Å². The van der Waals surface area contributed by atoms with Gasteiger partial charge in [-0.25, -0.2) is 0 Å². The summed E-state index contributed by atoms with van der Waals surface area (Å²) in [5.41, 5.74) is 1.80. The lowest BCUT2D eigenvalue weighted by molar-refractivity contribution is 0.0628. The maximum absolute atomic E-state index is 12.5. The van der Waals surface area contributed by atoms with E-state index in [9.17, 15) is 4.79 Å². The van der Waals surface area contributed by atoms with Crippen LogP contribution in [-0.4, -0.2) is 41.9 Å². The maximum Gasteiger partial charge on any atom is 0.253 e. The predicted molar refractivity (Wildman–Crippen MR) is 99.1 cm³/mol. The van der Waals surface area contributed by atoms with Gasteiger partial charge in [0.25, 0.3) is 5.91 Å². The highest BCUT2D eigenvalue weighted by atomic mass is 35.5. The molecule has 1 fully saturated rings. The first kappa shape index (κ1) is 17.6. The van der Waals surface area contributed by atoms with Gasteiger partial charge in [0.1, 0.15) is 0 Å². The third-order valence-electron chi connectivity index (χ3n) is 4.14. The van der Waals surface area contributed by atoms with E-state index in [2.05, 4.69) is 4.90 Å². The van der Waals surface area contributed by atoms with E-state index < -0.39 is 0 Å². The molecule has 3 rings (SSSR count). The van der Waals surface area contributed by atoms with Crippen molar-refractivity contribution in [3.8, 4) is 0 Å². The van der Waals surface area contributed by atoms with Crippen molar-refractivity contribution in [3.05, 3.63) is 68.7 Å². The van der Waals surface area contributed by atoms with Gasteiger partial charge in [-0.2, -0.15) is 0 Å². The number of rotatable bonds is 3. The van der Waals surface area contributed by atoms with Gasteiger partial charge < -0.3 is 4.90 Å². The largest absolute Gasteiger partial charge is 0.336 e. The monoisotopic (exact) mass is 382 g/mol. The van der Waals surface area contributed by atoms with Crippen molar-refractivity contribution in [1.82, 2.24) is 9.80 Å². The first-order valence-corrected chi connectivity index (χ1v) is 8.87. The number of hydrogen-bond donors (Lipinski definition) is 0. The van der Waals surface area contributed by atoms with E-state index in [4.69, 9.17) is 34.8 Å². The van der Waals surface area contributed by atoms with E-state index in [1.165, 1.54) is 0 Å². The third-order valence-corrected chi connectivity index (χ3v) is 5.13. The van der Waals surface area contributed by atoms with Crippen molar-refractivity contribution in [2.45, 2.75) is 6.54 Å². The van der Waals surface area contributed by atoms with Crippen LogP contribution in [0.2, 0.25) is 15.1 Å². The first-order valence-electron chi connectivity index (χ1n) is 7.74. The van der Waals surface area contributed by atoms with Crippen LogP contribution in [-0.2, 0) is 6.54 Å². The van der Waals surface area contributed by atoms with E-state index in [-0.39, 0.29) is 5.91 Å². The molecular weight excluding hydrogens is 367 g/mol. The molecule has 0 N–H and O–H groups in total. The Morgan fingerprint density at radius 2 is 1.54 bits per heavy atom. The lowest BCUT2D eigenvalue weighted by atomic mass is 10.1. The van der Waals surface area contributed by atoms with Crippen LogP contribution in [0.3, 0.4) is 0 Å². The fourth-order valence-electron chi connectivity index (χ4n) is 2.78. The Morgan fingerprint density at radius 3 is 2.17 bits per heavy atom. The smallest absolute Gasteiger partial charge is 0.253 e. The van der Waals surface area contributed by atoms with Gasteiger partial charge >= 0.3 is 0 Å². The van der Waals surface area contributed by atoms with Gasteiger partial charge in [0.05, 0.1) is 10.0 Å². The molecule has 1 saturated heterocycles. The highest BCUT2D eigenvalue weighted by Crippen LogP contribution is 2.23. The molecule has 24 heavy (non-hydrogen) atoms. The summed E-state index contributed by atoms with van der Waals surface area (Å²) in [6.45, 7) is 3.89. The van der Waals surface area contributed by atoms with Crippen molar-refractivity contribution < 1.29 is 4.79 Å². The van der Waals surface area contributed by atoms with Crippen molar-refractivity contribution >= 4 is 40.7 Å². The molecule has 3 nitrogen and oxygen atoms in total. The minimum absolute atomic E-state index is 0.0563. The van der Waals surface area contributed by atoms with E-state index in [0.29, 0.717) is 33.7 Å². The van der Waals surface area contributed by atoms with Crippen LogP contribution in [0.15, 0.2) is 42.5 Å². The number of halogens is 3. The fraction of sp³-hybridized carbons (Fsp3) is 0.278. The summed E-state index contributed by atoms with van der Waals surface area (Å²) < 4.78 is 0. The summed E-state index contributed by atoms with van der Waals surface area (Å²) in [7, 11) is 0. The number of carbonyl (C=O) groups is 1. The van der Waals surface area contributed by atoms with E-state index in [0.717, 1.165) is 25.2 Å². The Kier molecular flexibility index (Phi) is 5.67. The molecule has 0 aliphatic carbocycles. The molecule has 1 aliphatic rings. The second-order valence-electron chi connectivity index (χ2n) is 5.82. The fourth-order valence-corrected chi connectivity index (χ4v) is 3.23. The SMILES string of the molecule is O=C(c1ccc(Cl)cc1)N1CCN(Cc2ccc(Cl)c(Cl)c2)CC1. The number of nitrogens with zero attached hydrogens (tertiary/aromatic N) is 2. The van der Waals surface area contributed by atoms with Gasteiger partial charge in [-0.1, -0.05) is 40.9 Å². The highest BCUT2D eigenvalue weighted by Gasteiger charge is 2.22. The molecule has 0 spiro atoms. The Bertz CT molecular complexity index is 726. The minimum Gasteiger partial charge on any atom is -0.336 e. The number of amides is 1. The molecule has 126 valence electrons. The summed E-state index contributed by atoms with van der Waals surface area (Å²) in [6, 6.07) is 12.7. The van der Waals surface area contributed by atoms with Gasteiger partial charge in [-0.3, -0.25) is 9.69 Å². The number of hydrogen-bond acceptors (Lipinski definition) is 2. The van der Waals surface area contributed by atoms with Gasteiger partial charge in [-0.15, -0.1) is 0 Å². The van der Waals surface area contributed by atoms with Crippen LogP contribution in [0.1, 0.15) is 15.9 Å². The first-order chi connectivity index (χ1) is 11.5. The molecule has 2 aromatic carbocycles. The standard InChI is InChI=1S/C18H17Cl3N2O/c19-15-4-2-14(3-5-15)18(24)23-9-7-22(8-10-23)12-13-1-6-16(20)17(21)11-13/h1-6,11H,7-10,12H2. The molecule has 0 radical (unpaired) electrons. The molecular formula is C18H17Cl3N2O. The number of benzene rings is 2. The van der Waals surface area contributed by atoms with Crippen LogP contribution in [0.25, 0.3) is 0 Å². The zero-order valence-corrected chi connectivity index (χ0v) is 15.3. The molecule has 1 heterocycles. The molecule has 1 aliphatic heterocycles. The molecule has 1 amide bonds. The van der Waals surface area contributed by atoms with Crippen molar-refractivity contribution in [2.24, 2.45) is 0 Å². The Balaban J connectivity index is 1.56. The van der Waals surface area contributed by atoms with Crippen LogP contribution in [0, 0.1) is 0 Å². The lowest BCUT2D eigenvalue weighted by Gasteiger charge is -2.34. The molecule has 0 bridgehead atoms. The minimum atomic E-state index is 0.0563. The van der Waals surface area contributed by atoms with Crippen LogP contribution >= 0.6 is 34.8 Å². The van der Waals surface area contributed by atoms with Gasteiger partial charge in [0.15, 0.2) is 0 Å². The summed E-state index contributed by atoms with van der Waals surface area (Å²) in [5, 5.41) is 1.78. The quantitative estimate of drug-likeness (QED) is 0.773. The third kappa shape index (κ3) is 4.22. The molecule has 0 unspecified atom stereocenters. The topological polar surface area (TPSA) is 23.6 Å². The van der Waals surface area contributed by atoms with E-state index in [1.807, 2.05) is 23.1 Å². The summed E-state index contributed by atoms with van der Waals surface area (Å²) in [6.07, 6.45) is 0. The van der Waals surface area contributed by atoms with Crippen LogP contribution < -0.4 is 0 Å². The van der Waals surface area contributed by atoms with E-state index in [1.54, 1.807) is 24.3 Å². The second-order valence-corrected chi connectivity index (χ2v) is 7.07. The zero-order chi connectivity index (χ0) is 17.1. The number of piperazine rings is 1. The zero-order valence-electron chi connectivity index (χ0n) is 13.0. The van der Waals surface area contributed by atoms with Crippen molar-refractivity contribution in [2.75, 3.05) is 26.2 Å². The molecule has 0 aromatic heterocycles. The summed E-state index contributed by atoms with van der Waals surface area (Å²) >= 11 is 17.9. The van der Waals surface area contributed by atoms with Crippen molar-refractivity contribution in [3.63, 3.8) is 0 Å². The average Bonchev–Trinajstić information content (AvgIpc) is 2.59. The maximum atomic E-state index is 12.5. The molecule has 2 aromatic rings. The number of carbonyl (C=O) groups excluding carboxylic acids is 1. The summed E-state index contributed by atoms with van der Waals surface area (Å²) in [4.78, 5) is 16.7. The Labute approximate surface area is 156 Å². The van der Waals surface area contributed by atoms with Gasteiger partial charge in [0, 0.05) is 43.3 Å². The lowest BCUT2D eigenvalue weighted by Crippen LogP contribution is -2.48. The van der Waals surface area contributed by atoms with E-state index >= 15 is 0 Å². The van der Waals surface area contributed by atoms with Crippen LogP contribution in [0.4, 0.5) is 0 Å². The molecule has 0 saturated carbocycles. The van der Waals surface area contributed by atoms with Crippen molar-refractivity contribution in [1.29, 1.82) is 0 Å². The van der Waals surface area contributed by atoms with Crippen LogP contribution in [0.5, 0.6) is 0 Å². The highest BCUT2D eigenvalue weighted by molar-refractivity contribution is 6.42. The van der Waals surface area contributed by atoms with Gasteiger partial charge in [0.2, 0.25) is 0 Å². The Hall–Kier alpha value is -1.26. The molecule has 6 heteroatoms. The Morgan fingerprint density at radius 1 is 0.875 bits per heavy atom. The molecule has 0 atom stereocenters. The average molecular weight is 384 g/mol. The summed E-state index contributed by atoms with van der Waals surface area (Å²) in [5.74, 6) is 0.0563. The predicted octanol–water partition coefficient (Wildman–Crippen LogP) is 4.60. The second kappa shape index (κ2) is 7.75.